The van der Waals surface area contributed by atoms with Crippen LogP contribution in [0.1, 0.15) is 17.6 Å². The molecule has 0 fully saturated rings. The molecule has 2 heterocycles. The van der Waals surface area contributed by atoms with Gasteiger partial charge in [0.1, 0.15) is 16.4 Å². The van der Waals surface area contributed by atoms with E-state index in [0.29, 0.717) is 13.2 Å². The van der Waals surface area contributed by atoms with Crippen LogP contribution in [0, 0.1) is 13.8 Å². The fraction of sp³-hybridized carbons (Fsp3) is 0.400. The molecule has 2 aromatic heterocycles. The first kappa shape index (κ1) is 18.6. The Morgan fingerprint density at radius 3 is 2.50 bits per heavy atom. The summed E-state index contributed by atoms with van der Waals surface area (Å²) in [6, 6.07) is 7.94. The fourth-order valence-electron chi connectivity index (χ4n) is 3.09. The van der Waals surface area contributed by atoms with E-state index in [0.717, 1.165) is 44.3 Å². The number of thiophene rings is 1. The lowest BCUT2D eigenvalue weighted by Gasteiger charge is -2.13. The van der Waals surface area contributed by atoms with Gasteiger partial charge in [-0.1, -0.05) is 12.1 Å². The topological polar surface area (TPSA) is 47.4 Å². The highest BCUT2D eigenvalue weighted by Crippen LogP contribution is 2.36. The number of hydrogen-bond donors (Lipinski definition) is 0. The predicted molar refractivity (Wildman–Crippen MR) is 109 cm³/mol. The molecular formula is C20H25N3O2S. The zero-order chi connectivity index (χ0) is 18.8. The second-order valence-electron chi connectivity index (χ2n) is 6.59. The van der Waals surface area contributed by atoms with E-state index < -0.39 is 0 Å². The number of hydrogen-bond acceptors (Lipinski definition) is 5. The zero-order valence-corrected chi connectivity index (χ0v) is 16.8. The van der Waals surface area contributed by atoms with Crippen molar-refractivity contribution in [2.75, 3.05) is 27.2 Å². The summed E-state index contributed by atoms with van der Waals surface area (Å²) in [5, 5.41) is 0.723. The molecule has 0 spiro atoms. The molecule has 3 rings (SSSR count). The molecule has 5 nitrogen and oxygen atoms in total. The van der Waals surface area contributed by atoms with Crippen molar-refractivity contribution in [1.29, 1.82) is 0 Å². The molecular weight excluding hydrogens is 346 g/mol. The Balaban J connectivity index is 2.15. The van der Waals surface area contributed by atoms with Crippen molar-refractivity contribution in [3.63, 3.8) is 0 Å². The summed E-state index contributed by atoms with van der Waals surface area (Å²) in [7, 11) is 4.01. The summed E-state index contributed by atoms with van der Waals surface area (Å²) >= 11 is 1.58. The molecule has 0 aliphatic heterocycles. The second-order valence-corrected chi connectivity index (χ2v) is 7.79. The molecule has 0 atom stereocenters. The van der Waals surface area contributed by atoms with Crippen molar-refractivity contribution in [3.8, 4) is 16.9 Å². The first-order valence-corrected chi connectivity index (χ1v) is 9.62. The van der Waals surface area contributed by atoms with Gasteiger partial charge in [0.25, 0.3) is 5.56 Å². The molecule has 26 heavy (non-hydrogen) atoms. The van der Waals surface area contributed by atoms with E-state index in [1.807, 2.05) is 52.2 Å². The highest BCUT2D eigenvalue weighted by atomic mass is 32.1. The zero-order valence-electron chi connectivity index (χ0n) is 16.0. The van der Waals surface area contributed by atoms with Gasteiger partial charge < -0.3 is 9.64 Å². The smallest absolute Gasteiger partial charge is 0.262 e. The number of likely N-dealkylation sites (N-methyl/N-ethyl adjacent to an activating group) is 1. The average molecular weight is 372 g/mol. The van der Waals surface area contributed by atoms with Gasteiger partial charge in [-0.2, -0.15) is 0 Å². The number of fused-ring (bicyclic) bond motifs is 1. The summed E-state index contributed by atoms with van der Waals surface area (Å²) in [6.45, 7) is 8.00. The lowest BCUT2D eigenvalue weighted by atomic mass is 10.0. The number of ether oxygens (including phenoxy) is 1. The molecule has 0 amide bonds. The number of nitrogens with zero attached hydrogens (tertiary/aromatic N) is 3. The molecule has 0 N–H and O–H groups in total. The van der Waals surface area contributed by atoms with Gasteiger partial charge in [0.15, 0.2) is 0 Å². The van der Waals surface area contributed by atoms with E-state index in [2.05, 4.69) is 11.8 Å². The van der Waals surface area contributed by atoms with Crippen molar-refractivity contribution in [1.82, 2.24) is 14.5 Å². The largest absolute Gasteiger partial charge is 0.494 e. The Kier molecular flexibility index (Phi) is 5.44. The van der Waals surface area contributed by atoms with Crippen LogP contribution in [0.4, 0.5) is 0 Å². The predicted octanol–water partition coefficient (Wildman–Crippen LogP) is 3.70. The second kappa shape index (κ2) is 7.60. The first-order valence-electron chi connectivity index (χ1n) is 8.80. The van der Waals surface area contributed by atoms with Gasteiger partial charge in [-0.05, 0) is 52.6 Å². The number of rotatable bonds is 6. The monoisotopic (exact) mass is 371 g/mol. The maximum Gasteiger partial charge on any atom is 0.262 e. The van der Waals surface area contributed by atoms with E-state index in [4.69, 9.17) is 9.72 Å². The third-order valence-electron chi connectivity index (χ3n) is 4.40. The summed E-state index contributed by atoms with van der Waals surface area (Å²) in [6.07, 6.45) is 0. The molecule has 0 aliphatic carbocycles. The van der Waals surface area contributed by atoms with E-state index in [9.17, 15) is 4.79 Å². The quantitative estimate of drug-likeness (QED) is 0.663. The minimum atomic E-state index is 0.0441. The third-order valence-corrected chi connectivity index (χ3v) is 5.40. The van der Waals surface area contributed by atoms with Gasteiger partial charge in [0.2, 0.25) is 0 Å². The fourth-order valence-corrected chi connectivity index (χ4v) is 4.17. The molecule has 0 aliphatic rings. The molecule has 0 saturated carbocycles. The van der Waals surface area contributed by atoms with Crippen molar-refractivity contribution in [2.24, 2.45) is 0 Å². The minimum Gasteiger partial charge on any atom is -0.494 e. The molecule has 6 heteroatoms. The van der Waals surface area contributed by atoms with Crippen molar-refractivity contribution in [2.45, 2.75) is 27.3 Å². The summed E-state index contributed by atoms with van der Waals surface area (Å²) in [5.41, 5.74) is 2.06. The highest BCUT2D eigenvalue weighted by molar-refractivity contribution is 7.19. The highest BCUT2D eigenvalue weighted by Gasteiger charge is 2.18. The van der Waals surface area contributed by atoms with E-state index in [1.165, 1.54) is 0 Å². The molecule has 138 valence electrons. The SMILES string of the molecule is CCOc1ccc(-c2c(C)sc3nc(C)n(CCN(C)C)c(=O)c23)cc1. The first-order chi connectivity index (χ1) is 12.4. The Morgan fingerprint density at radius 2 is 1.88 bits per heavy atom. The van der Waals surface area contributed by atoms with Crippen LogP contribution in [0.5, 0.6) is 5.75 Å². The van der Waals surface area contributed by atoms with E-state index in [1.54, 1.807) is 15.9 Å². The maximum absolute atomic E-state index is 13.2. The Hall–Kier alpha value is -2.18. The molecule has 0 saturated heterocycles. The molecule has 3 aromatic rings. The lowest BCUT2D eigenvalue weighted by molar-refractivity contribution is 0.340. The van der Waals surface area contributed by atoms with E-state index in [-0.39, 0.29) is 5.56 Å². The Morgan fingerprint density at radius 1 is 1.19 bits per heavy atom. The number of aromatic nitrogens is 2. The normalized spacial score (nSPS) is 11.5. The number of aryl methyl sites for hydroxylation is 2. The minimum absolute atomic E-state index is 0.0441. The van der Waals surface area contributed by atoms with Gasteiger partial charge >= 0.3 is 0 Å². The Labute approximate surface area is 157 Å². The van der Waals surface area contributed by atoms with E-state index >= 15 is 0 Å². The van der Waals surface area contributed by atoms with Crippen molar-refractivity contribution < 1.29 is 4.74 Å². The standard InChI is InChI=1S/C20H25N3O2S/c1-6-25-16-9-7-15(8-10-16)17-13(2)26-19-18(17)20(24)23(14(3)21-19)12-11-22(4)5/h7-10H,6,11-12H2,1-5H3. The van der Waals surface area contributed by atoms with Gasteiger partial charge in [0.05, 0.1) is 12.0 Å². The van der Waals surface area contributed by atoms with Gasteiger partial charge in [0, 0.05) is 23.5 Å². The molecule has 1 aromatic carbocycles. The van der Waals surface area contributed by atoms with Crippen LogP contribution in [0.2, 0.25) is 0 Å². The van der Waals surface area contributed by atoms with Gasteiger partial charge in [-0.25, -0.2) is 4.98 Å². The average Bonchev–Trinajstić information content (AvgIpc) is 2.91. The third kappa shape index (κ3) is 3.52. The van der Waals surface area contributed by atoms with Crippen LogP contribution in [0.3, 0.4) is 0 Å². The van der Waals surface area contributed by atoms with Gasteiger partial charge in [-0.15, -0.1) is 11.3 Å². The Bertz CT molecular complexity index is 971. The van der Waals surface area contributed by atoms with Crippen molar-refractivity contribution >= 4 is 21.6 Å². The van der Waals surface area contributed by atoms with Crippen molar-refractivity contribution in [3.05, 3.63) is 45.3 Å². The molecule has 0 unspecified atom stereocenters. The summed E-state index contributed by atoms with van der Waals surface area (Å²) < 4.78 is 7.31. The van der Waals surface area contributed by atoms with Crippen LogP contribution in [-0.2, 0) is 6.54 Å². The maximum atomic E-state index is 13.2. The summed E-state index contributed by atoms with van der Waals surface area (Å²) in [4.78, 5) is 21.9. The van der Waals surface area contributed by atoms with Crippen LogP contribution in [-0.4, -0.2) is 41.7 Å². The molecule has 0 bridgehead atoms. The number of benzene rings is 1. The van der Waals surface area contributed by atoms with Crippen LogP contribution in [0.15, 0.2) is 29.1 Å². The van der Waals surface area contributed by atoms with Crippen LogP contribution >= 0.6 is 11.3 Å². The van der Waals surface area contributed by atoms with Crippen LogP contribution < -0.4 is 10.3 Å². The lowest BCUT2D eigenvalue weighted by Crippen LogP contribution is -2.29. The summed E-state index contributed by atoms with van der Waals surface area (Å²) in [5.74, 6) is 1.61. The van der Waals surface area contributed by atoms with Gasteiger partial charge in [-0.3, -0.25) is 9.36 Å². The molecule has 0 radical (unpaired) electrons. The van der Waals surface area contributed by atoms with Crippen LogP contribution in [0.25, 0.3) is 21.3 Å².